The number of nitrogen functional groups attached to an aromatic ring is 1. The van der Waals surface area contributed by atoms with Crippen LogP contribution in [0, 0.1) is 4.77 Å². The van der Waals surface area contributed by atoms with E-state index in [4.69, 9.17) is 29.7 Å². The topological polar surface area (TPSA) is 72.5 Å². The van der Waals surface area contributed by atoms with Gasteiger partial charge in [0.15, 0.2) is 5.82 Å². The van der Waals surface area contributed by atoms with Crippen molar-refractivity contribution in [3.8, 4) is 11.4 Å². The van der Waals surface area contributed by atoms with Gasteiger partial charge < -0.3 is 5.84 Å². The van der Waals surface area contributed by atoms with Crippen molar-refractivity contribution in [2.75, 3.05) is 5.84 Å². The SMILES string of the molecule is Nn1c(-c2ccncc2Cl)n[nH]c1=S. The average Bonchev–Trinajstić information content (AvgIpc) is 2.49. The molecule has 0 unspecified atom stereocenters. The van der Waals surface area contributed by atoms with Crippen LogP contribution in [0.2, 0.25) is 5.02 Å². The van der Waals surface area contributed by atoms with E-state index in [-0.39, 0.29) is 0 Å². The zero-order chi connectivity index (χ0) is 10.1. The Labute approximate surface area is 89.5 Å². The number of aromatic amines is 1. The van der Waals surface area contributed by atoms with Gasteiger partial charge in [-0.2, -0.15) is 5.10 Å². The van der Waals surface area contributed by atoms with Gasteiger partial charge in [-0.1, -0.05) is 11.6 Å². The van der Waals surface area contributed by atoms with Crippen LogP contribution >= 0.6 is 23.8 Å². The van der Waals surface area contributed by atoms with Crippen molar-refractivity contribution in [3.63, 3.8) is 0 Å². The molecule has 2 aromatic heterocycles. The van der Waals surface area contributed by atoms with E-state index in [1.54, 1.807) is 12.3 Å². The molecule has 0 bridgehead atoms. The highest BCUT2D eigenvalue weighted by atomic mass is 35.5. The van der Waals surface area contributed by atoms with Gasteiger partial charge in [-0.05, 0) is 18.3 Å². The summed E-state index contributed by atoms with van der Waals surface area (Å²) in [6.45, 7) is 0. The Hall–Kier alpha value is -1.40. The minimum atomic E-state index is 0.341. The summed E-state index contributed by atoms with van der Waals surface area (Å²) in [5.41, 5.74) is 0.691. The Morgan fingerprint density at radius 2 is 2.36 bits per heavy atom. The molecule has 2 rings (SSSR count). The van der Waals surface area contributed by atoms with Crippen LogP contribution in [0.15, 0.2) is 18.5 Å². The molecular weight excluding hydrogens is 222 g/mol. The number of nitrogens with one attached hydrogen (secondary N) is 1. The number of nitrogens with two attached hydrogens (primary N) is 1. The van der Waals surface area contributed by atoms with Crippen molar-refractivity contribution in [1.29, 1.82) is 0 Å². The second-order valence-corrected chi connectivity index (χ2v) is 3.37. The van der Waals surface area contributed by atoms with Gasteiger partial charge in [-0.25, -0.2) is 9.77 Å². The highest BCUT2D eigenvalue weighted by molar-refractivity contribution is 7.71. The predicted octanol–water partition coefficient (Wildman–Crippen LogP) is 1.37. The van der Waals surface area contributed by atoms with E-state index in [1.807, 2.05) is 0 Å². The molecule has 72 valence electrons. The molecule has 0 spiro atoms. The molecular formula is C7H6ClN5S. The Morgan fingerprint density at radius 3 is 2.93 bits per heavy atom. The predicted molar refractivity (Wildman–Crippen MR) is 55.8 cm³/mol. The number of pyridine rings is 1. The van der Waals surface area contributed by atoms with Gasteiger partial charge in [-0.3, -0.25) is 4.98 Å². The maximum absolute atomic E-state index is 5.92. The highest BCUT2D eigenvalue weighted by Crippen LogP contribution is 2.23. The number of H-pyrrole nitrogens is 1. The van der Waals surface area contributed by atoms with Gasteiger partial charge in [0.2, 0.25) is 4.77 Å². The minimum absolute atomic E-state index is 0.341. The van der Waals surface area contributed by atoms with Crippen LogP contribution in [0.3, 0.4) is 0 Å². The maximum atomic E-state index is 5.92. The molecule has 0 saturated carbocycles. The van der Waals surface area contributed by atoms with E-state index < -0.39 is 0 Å². The second-order valence-electron chi connectivity index (χ2n) is 2.58. The summed E-state index contributed by atoms with van der Waals surface area (Å²) in [4.78, 5) is 3.86. The number of hydrogen-bond donors (Lipinski definition) is 2. The number of aromatic nitrogens is 4. The van der Waals surface area contributed by atoms with Crippen molar-refractivity contribution in [2.45, 2.75) is 0 Å². The van der Waals surface area contributed by atoms with Crippen LogP contribution in [0.4, 0.5) is 0 Å². The molecule has 0 aromatic carbocycles. The smallest absolute Gasteiger partial charge is 0.214 e. The standard InChI is InChI=1S/C7H6ClN5S/c8-5-3-10-2-1-4(5)6-11-12-7(14)13(6)9/h1-3H,9H2,(H,12,14). The van der Waals surface area contributed by atoms with Crippen molar-refractivity contribution in [1.82, 2.24) is 19.9 Å². The van der Waals surface area contributed by atoms with Crippen molar-refractivity contribution in [3.05, 3.63) is 28.3 Å². The number of halogens is 1. The molecule has 0 radical (unpaired) electrons. The molecule has 0 amide bonds. The Bertz CT molecular complexity index is 517. The number of rotatable bonds is 1. The summed E-state index contributed by atoms with van der Waals surface area (Å²) >= 11 is 10.8. The van der Waals surface area contributed by atoms with Gasteiger partial charge in [0, 0.05) is 18.0 Å². The lowest BCUT2D eigenvalue weighted by atomic mass is 10.2. The summed E-state index contributed by atoms with van der Waals surface area (Å²) in [6.07, 6.45) is 3.13. The average molecular weight is 228 g/mol. The van der Waals surface area contributed by atoms with Crippen molar-refractivity contribution >= 4 is 23.8 Å². The molecule has 0 aliphatic carbocycles. The fourth-order valence-corrected chi connectivity index (χ4v) is 1.39. The molecule has 14 heavy (non-hydrogen) atoms. The van der Waals surface area contributed by atoms with E-state index in [0.29, 0.717) is 21.2 Å². The molecule has 3 N–H and O–H groups in total. The normalized spacial score (nSPS) is 10.4. The molecule has 0 atom stereocenters. The summed E-state index contributed by atoms with van der Waals surface area (Å²) < 4.78 is 1.60. The molecule has 0 saturated heterocycles. The second kappa shape index (κ2) is 3.39. The molecule has 7 heteroatoms. The molecule has 0 fully saturated rings. The van der Waals surface area contributed by atoms with Crippen LogP contribution in [-0.2, 0) is 0 Å². The molecule has 0 aliphatic heterocycles. The third-order valence-corrected chi connectivity index (χ3v) is 2.31. The monoisotopic (exact) mass is 227 g/mol. The lowest BCUT2D eigenvalue weighted by Gasteiger charge is -2.01. The van der Waals surface area contributed by atoms with E-state index in [0.717, 1.165) is 0 Å². The Balaban J connectivity index is 2.66. The van der Waals surface area contributed by atoms with Gasteiger partial charge in [0.1, 0.15) is 0 Å². The first-order valence-electron chi connectivity index (χ1n) is 3.72. The van der Waals surface area contributed by atoms with Gasteiger partial charge >= 0.3 is 0 Å². The summed E-state index contributed by atoms with van der Waals surface area (Å²) in [6, 6.07) is 1.72. The van der Waals surface area contributed by atoms with E-state index in [2.05, 4.69) is 15.2 Å². The molecule has 0 aliphatic rings. The fourth-order valence-electron chi connectivity index (χ4n) is 1.05. The van der Waals surface area contributed by atoms with Crippen LogP contribution in [0.25, 0.3) is 11.4 Å². The van der Waals surface area contributed by atoms with Crippen LogP contribution in [-0.4, -0.2) is 19.9 Å². The first kappa shape index (κ1) is 9.17. The summed E-state index contributed by atoms with van der Waals surface area (Å²) in [5.74, 6) is 6.13. The number of hydrogen-bond acceptors (Lipinski definition) is 4. The zero-order valence-electron chi connectivity index (χ0n) is 6.94. The van der Waals surface area contributed by atoms with Gasteiger partial charge in [0.05, 0.1) is 5.02 Å². The van der Waals surface area contributed by atoms with Gasteiger partial charge in [0.25, 0.3) is 0 Å². The molecule has 2 heterocycles. The number of nitrogens with zero attached hydrogens (tertiary/aromatic N) is 3. The quantitative estimate of drug-likeness (QED) is 0.570. The van der Waals surface area contributed by atoms with Crippen LogP contribution in [0.5, 0.6) is 0 Å². The first-order valence-corrected chi connectivity index (χ1v) is 4.51. The van der Waals surface area contributed by atoms with Gasteiger partial charge in [-0.15, -0.1) is 0 Å². The molecule has 2 aromatic rings. The lowest BCUT2D eigenvalue weighted by molar-refractivity contribution is 0.983. The first-order chi connectivity index (χ1) is 6.70. The van der Waals surface area contributed by atoms with E-state index in [1.165, 1.54) is 10.9 Å². The Kier molecular flexibility index (Phi) is 2.22. The van der Waals surface area contributed by atoms with Crippen LogP contribution < -0.4 is 5.84 Å². The van der Waals surface area contributed by atoms with E-state index >= 15 is 0 Å². The summed E-state index contributed by atoms with van der Waals surface area (Å²) in [7, 11) is 0. The van der Waals surface area contributed by atoms with Crippen molar-refractivity contribution < 1.29 is 0 Å². The largest absolute Gasteiger partial charge is 0.335 e. The highest BCUT2D eigenvalue weighted by Gasteiger charge is 2.09. The summed E-state index contributed by atoms with van der Waals surface area (Å²) in [5, 5.41) is 7.01. The zero-order valence-corrected chi connectivity index (χ0v) is 8.51. The third-order valence-electron chi connectivity index (χ3n) is 1.72. The molecule has 5 nitrogen and oxygen atoms in total. The maximum Gasteiger partial charge on any atom is 0.214 e. The van der Waals surface area contributed by atoms with Crippen molar-refractivity contribution in [2.24, 2.45) is 0 Å². The van der Waals surface area contributed by atoms with Crippen LogP contribution in [0.1, 0.15) is 0 Å². The Morgan fingerprint density at radius 1 is 1.57 bits per heavy atom. The lowest BCUT2D eigenvalue weighted by Crippen LogP contribution is -2.10. The third kappa shape index (κ3) is 1.38. The van der Waals surface area contributed by atoms with E-state index in [9.17, 15) is 0 Å². The minimum Gasteiger partial charge on any atom is -0.335 e. The fraction of sp³-hybridized carbons (Fsp3) is 0.